The zero-order chi connectivity index (χ0) is 12.0. The summed E-state index contributed by atoms with van der Waals surface area (Å²) in [5.41, 5.74) is 4.71. The predicted molar refractivity (Wildman–Crippen MR) is 60.9 cm³/mol. The first-order chi connectivity index (χ1) is 7.61. The van der Waals surface area contributed by atoms with E-state index in [1.165, 1.54) is 0 Å². The molecule has 1 rings (SSSR count). The number of hydrogen-bond acceptors (Lipinski definition) is 4. The first-order valence-electron chi connectivity index (χ1n) is 5.21. The van der Waals surface area contributed by atoms with Gasteiger partial charge in [0, 0.05) is 6.20 Å². The molecule has 88 valence electrons. The minimum Gasteiger partial charge on any atom is -0.480 e. The molecule has 0 spiro atoms. The highest BCUT2D eigenvalue weighted by molar-refractivity contribution is 5.79. The van der Waals surface area contributed by atoms with Gasteiger partial charge in [-0.25, -0.2) is 4.79 Å². The summed E-state index contributed by atoms with van der Waals surface area (Å²) in [5, 5.41) is 12.2. The summed E-state index contributed by atoms with van der Waals surface area (Å²) in [6.07, 6.45) is 2.32. The average molecular weight is 223 g/mol. The van der Waals surface area contributed by atoms with Crippen LogP contribution >= 0.6 is 0 Å². The Bertz CT molecular complexity index is 342. The molecule has 0 bridgehead atoms. The van der Waals surface area contributed by atoms with Crippen LogP contribution in [0.4, 0.5) is 0 Å². The number of nitrogens with one attached hydrogen (secondary N) is 1. The third-order valence-corrected chi connectivity index (χ3v) is 2.46. The van der Waals surface area contributed by atoms with Gasteiger partial charge < -0.3 is 10.8 Å². The molecule has 1 aromatic rings. The van der Waals surface area contributed by atoms with E-state index in [4.69, 9.17) is 5.73 Å². The molecule has 5 heteroatoms. The minimum atomic E-state index is -1.16. The molecule has 1 unspecified atom stereocenters. The molecule has 0 saturated carbocycles. The Morgan fingerprint density at radius 1 is 1.62 bits per heavy atom. The monoisotopic (exact) mass is 223 g/mol. The SMILES string of the molecule is CC(NCCCN)(C(=O)O)c1ccccn1. The summed E-state index contributed by atoms with van der Waals surface area (Å²) in [7, 11) is 0. The second kappa shape index (κ2) is 5.58. The van der Waals surface area contributed by atoms with E-state index in [2.05, 4.69) is 10.3 Å². The smallest absolute Gasteiger partial charge is 0.329 e. The highest BCUT2D eigenvalue weighted by Crippen LogP contribution is 2.18. The third kappa shape index (κ3) is 2.77. The van der Waals surface area contributed by atoms with Gasteiger partial charge in [-0.05, 0) is 38.6 Å². The Labute approximate surface area is 94.7 Å². The predicted octanol–water partition coefficient (Wildman–Crippen LogP) is 0.320. The lowest BCUT2D eigenvalue weighted by Crippen LogP contribution is -2.47. The minimum absolute atomic E-state index is 0.500. The summed E-state index contributed by atoms with van der Waals surface area (Å²) >= 11 is 0. The lowest BCUT2D eigenvalue weighted by Gasteiger charge is -2.25. The van der Waals surface area contributed by atoms with Gasteiger partial charge in [0.2, 0.25) is 0 Å². The van der Waals surface area contributed by atoms with Crippen LogP contribution in [-0.2, 0) is 10.3 Å². The van der Waals surface area contributed by atoms with Crippen LogP contribution in [0.25, 0.3) is 0 Å². The Morgan fingerprint density at radius 3 is 2.88 bits per heavy atom. The van der Waals surface area contributed by atoms with E-state index in [1.54, 1.807) is 31.3 Å². The van der Waals surface area contributed by atoms with Crippen molar-refractivity contribution in [3.8, 4) is 0 Å². The normalized spacial score (nSPS) is 14.4. The Morgan fingerprint density at radius 2 is 2.38 bits per heavy atom. The molecule has 1 aromatic heterocycles. The zero-order valence-corrected chi connectivity index (χ0v) is 9.31. The van der Waals surface area contributed by atoms with Crippen molar-refractivity contribution in [1.82, 2.24) is 10.3 Å². The summed E-state index contributed by atoms with van der Waals surface area (Å²) in [6, 6.07) is 5.23. The molecule has 0 aromatic carbocycles. The standard InChI is InChI=1S/C11H17N3O2/c1-11(10(15)16,14-8-4-6-12)9-5-2-3-7-13-9/h2-3,5,7,14H,4,6,8,12H2,1H3,(H,15,16). The van der Waals surface area contributed by atoms with Gasteiger partial charge in [0.1, 0.15) is 0 Å². The molecule has 0 fully saturated rings. The van der Waals surface area contributed by atoms with Crippen LogP contribution in [0, 0.1) is 0 Å². The van der Waals surface area contributed by atoms with E-state index in [9.17, 15) is 9.90 Å². The lowest BCUT2D eigenvalue weighted by atomic mass is 9.97. The van der Waals surface area contributed by atoms with Gasteiger partial charge >= 0.3 is 5.97 Å². The second-order valence-corrected chi connectivity index (χ2v) is 3.71. The van der Waals surface area contributed by atoms with Crippen molar-refractivity contribution in [3.63, 3.8) is 0 Å². The summed E-state index contributed by atoms with van der Waals surface area (Å²) < 4.78 is 0. The maximum absolute atomic E-state index is 11.3. The highest BCUT2D eigenvalue weighted by atomic mass is 16.4. The summed E-state index contributed by atoms with van der Waals surface area (Å²) in [5.74, 6) is -0.941. The highest BCUT2D eigenvalue weighted by Gasteiger charge is 2.35. The molecule has 1 heterocycles. The average Bonchev–Trinajstić information content (AvgIpc) is 2.30. The first-order valence-corrected chi connectivity index (χ1v) is 5.21. The van der Waals surface area contributed by atoms with E-state index in [1.807, 2.05) is 0 Å². The number of carbonyl (C=O) groups is 1. The van der Waals surface area contributed by atoms with Gasteiger partial charge in [0.25, 0.3) is 0 Å². The third-order valence-electron chi connectivity index (χ3n) is 2.46. The molecule has 0 amide bonds. The van der Waals surface area contributed by atoms with Gasteiger partial charge in [-0.3, -0.25) is 10.3 Å². The van der Waals surface area contributed by atoms with Crippen LogP contribution in [0.1, 0.15) is 19.0 Å². The maximum atomic E-state index is 11.3. The van der Waals surface area contributed by atoms with Crippen molar-refractivity contribution in [1.29, 1.82) is 0 Å². The van der Waals surface area contributed by atoms with E-state index in [0.717, 1.165) is 6.42 Å². The van der Waals surface area contributed by atoms with Crippen LogP contribution < -0.4 is 11.1 Å². The number of pyridine rings is 1. The Kier molecular flexibility index (Phi) is 4.39. The van der Waals surface area contributed by atoms with Crippen LogP contribution in [0.5, 0.6) is 0 Å². The molecule has 0 saturated heterocycles. The van der Waals surface area contributed by atoms with Gasteiger partial charge in [-0.1, -0.05) is 6.07 Å². The summed E-state index contributed by atoms with van der Waals surface area (Å²) in [6.45, 7) is 2.69. The molecule has 0 radical (unpaired) electrons. The molecule has 0 aliphatic heterocycles. The Hall–Kier alpha value is -1.46. The van der Waals surface area contributed by atoms with Crippen molar-refractivity contribution in [2.24, 2.45) is 5.73 Å². The van der Waals surface area contributed by atoms with Crippen molar-refractivity contribution in [2.45, 2.75) is 18.9 Å². The maximum Gasteiger partial charge on any atom is 0.329 e. The van der Waals surface area contributed by atoms with Gasteiger partial charge in [0.15, 0.2) is 5.54 Å². The Balaban J connectivity index is 2.85. The first kappa shape index (κ1) is 12.6. The molecule has 0 aliphatic rings. The van der Waals surface area contributed by atoms with Crippen LogP contribution in [-0.4, -0.2) is 29.1 Å². The topological polar surface area (TPSA) is 88.2 Å². The molecule has 1 atom stereocenters. The molecule has 16 heavy (non-hydrogen) atoms. The fourth-order valence-corrected chi connectivity index (χ4v) is 1.37. The van der Waals surface area contributed by atoms with Gasteiger partial charge in [-0.15, -0.1) is 0 Å². The number of carboxylic acids is 1. The van der Waals surface area contributed by atoms with Crippen LogP contribution in [0.2, 0.25) is 0 Å². The molecular weight excluding hydrogens is 206 g/mol. The quantitative estimate of drug-likeness (QED) is 0.604. The second-order valence-electron chi connectivity index (χ2n) is 3.71. The number of carboxylic acid groups (broad SMARTS) is 1. The number of rotatable bonds is 6. The van der Waals surface area contributed by atoms with Crippen molar-refractivity contribution in [2.75, 3.05) is 13.1 Å². The molecule has 4 N–H and O–H groups in total. The number of aliphatic carboxylic acids is 1. The van der Waals surface area contributed by atoms with Crippen LogP contribution in [0.15, 0.2) is 24.4 Å². The largest absolute Gasteiger partial charge is 0.480 e. The van der Waals surface area contributed by atoms with Crippen molar-refractivity contribution in [3.05, 3.63) is 30.1 Å². The van der Waals surface area contributed by atoms with Crippen molar-refractivity contribution < 1.29 is 9.90 Å². The van der Waals surface area contributed by atoms with E-state index in [0.29, 0.717) is 18.8 Å². The molecule has 5 nitrogen and oxygen atoms in total. The molecular formula is C11H17N3O2. The van der Waals surface area contributed by atoms with E-state index >= 15 is 0 Å². The van der Waals surface area contributed by atoms with E-state index < -0.39 is 11.5 Å². The lowest BCUT2D eigenvalue weighted by molar-refractivity contribution is -0.144. The van der Waals surface area contributed by atoms with Gasteiger partial charge in [-0.2, -0.15) is 0 Å². The molecule has 0 aliphatic carbocycles. The fourth-order valence-electron chi connectivity index (χ4n) is 1.37. The zero-order valence-electron chi connectivity index (χ0n) is 9.31. The van der Waals surface area contributed by atoms with Crippen molar-refractivity contribution >= 4 is 5.97 Å². The fraction of sp³-hybridized carbons (Fsp3) is 0.455. The van der Waals surface area contributed by atoms with Gasteiger partial charge in [0.05, 0.1) is 5.69 Å². The number of nitrogens with zero attached hydrogens (tertiary/aromatic N) is 1. The van der Waals surface area contributed by atoms with E-state index in [-0.39, 0.29) is 0 Å². The number of nitrogens with two attached hydrogens (primary N) is 1. The number of hydrogen-bond donors (Lipinski definition) is 3. The number of aromatic nitrogens is 1. The summed E-state index contributed by atoms with van der Waals surface area (Å²) in [4.78, 5) is 15.4. The van der Waals surface area contributed by atoms with Crippen LogP contribution in [0.3, 0.4) is 0 Å².